The van der Waals surface area contributed by atoms with E-state index in [0.717, 1.165) is 31.2 Å². The Labute approximate surface area is 122 Å². The summed E-state index contributed by atoms with van der Waals surface area (Å²) in [5, 5.41) is 2.67. The summed E-state index contributed by atoms with van der Waals surface area (Å²) in [6.45, 7) is 0. The van der Waals surface area contributed by atoms with Crippen LogP contribution in [-0.4, -0.2) is 10.9 Å². The molecule has 3 rings (SSSR count). The van der Waals surface area contributed by atoms with Crippen LogP contribution in [0.5, 0.6) is 0 Å². The molecule has 0 radical (unpaired) electrons. The van der Waals surface area contributed by atoms with Crippen LogP contribution in [0.25, 0.3) is 11.3 Å². The molecule has 1 aliphatic rings. The van der Waals surface area contributed by atoms with E-state index in [-0.39, 0.29) is 17.5 Å². The first-order chi connectivity index (χ1) is 10.2. The standard InChI is InChI=1S/C16H16N2O3/c19-15(11-4-1-2-5-11)18-13-7-8-14(21-16(13)20)12-6-3-9-17-10-12/h3,6-11H,1-2,4-5H2,(H,18,19). The van der Waals surface area contributed by atoms with E-state index in [2.05, 4.69) is 10.3 Å². The molecule has 2 aromatic heterocycles. The molecule has 1 N–H and O–H groups in total. The molecule has 0 aromatic carbocycles. The number of aromatic nitrogens is 1. The number of carbonyl (C=O) groups is 1. The van der Waals surface area contributed by atoms with Crippen LogP contribution in [0.4, 0.5) is 5.69 Å². The number of hydrogen-bond donors (Lipinski definition) is 1. The Kier molecular flexibility index (Phi) is 3.81. The molecule has 0 spiro atoms. The molecule has 0 atom stereocenters. The average molecular weight is 284 g/mol. The van der Waals surface area contributed by atoms with E-state index in [4.69, 9.17) is 4.42 Å². The average Bonchev–Trinajstić information content (AvgIpc) is 3.04. The highest BCUT2D eigenvalue weighted by Crippen LogP contribution is 2.26. The zero-order valence-electron chi connectivity index (χ0n) is 11.5. The van der Waals surface area contributed by atoms with Gasteiger partial charge in [-0.2, -0.15) is 0 Å². The zero-order valence-corrected chi connectivity index (χ0v) is 11.5. The van der Waals surface area contributed by atoms with Crippen molar-refractivity contribution >= 4 is 11.6 Å². The fourth-order valence-electron chi connectivity index (χ4n) is 2.60. The molecule has 5 nitrogen and oxygen atoms in total. The number of hydrogen-bond acceptors (Lipinski definition) is 4. The quantitative estimate of drug-likeness (QED) is 0.940. The van der Waals surface area contributed by atoms with Gasteiger partial charge in [-0.15, -0.1) is 0 Å². The summed E-state index contributed by atoms with van der Waals surface area (Å²) >= 11 is 0. The zero-order chi connectivity index (χ0) is 14.7. The Hall–Kier alpha value is -2.43. The smallest absolute Gasteiger partial charge is 0.360 e. The van der Waals surface area contributed by atoms with E-state index in [0.29, 0.717) is 5.76 Å². The van der Waals surface area contributed by atoms with E-state index in [1.165, 1.54) is 0 Å². The van der Waals surface area contributed by atoms with Crippen LogP contribution >= 0.6 is 0 Å². The molecule has 1 amide bonds. The van der Waals surface area contributed by atoms with Gasteiger partial charge < -0.3 is 9.73 Å². The van der Waals surface area contributed by atoms with Crippen molar-refractivity contribution in [3.8, 4) is 11.3 Å². The number of nitrogens with zero attached hydrogens (tertiary/aromatic N) is 1. The van der Waals surface area contributed by atoms with Gasteiger partial charge in [-0.1, -0.05) is 12.8 Å². The molecule has 1 fully saturated rings. The Morgan fingerprint density at radius 1 is 1.24 bits per heavy atom. The van der Waals surface area contributed by atoms with Gasteiger partial charge in [-0.3, -0.25) is 9.78 Å². The third-order valence-electron chi connectivity index (χ3n) is 3.75. The second kappa shape index (κ2) is 5.91. The number of carbonyl (C=O) groups excluding carboxylic acids is 1. The highest BCUT2D eigenvalue weighted by molar-refractivity contribution is 5.92. The maximum atomic E-state index is 12.0. The Morgan fingerprint density at radius 3 is 2.71 bits per heavy atom. The van der Waals surface area contributed by atoms with Gasteiger partial charge in [0, 0.05) is 23.9 Å². The normalized spacial score (nSPS) is 15.0. The number of nitrogens with one attached hydrogen (secondary N) is 1. The summed E-state index contributed by atoms with van der Waals surface area (Å²) in [6.07, 6.45) is 7.21. The molecule has 0 aliphatic heterocycles. The lowest BCUT2D eigenvalue weighted by Crippen LogP contribution is -2.23. The Bertz CT molecular complexity index is 688. The Balaban J connectivity index is 1.79. The first-order valence-corrected chi connectivity index (χ1v) is 7.09. The minimum atomic E-state index is -0.539. The van der Waals surface area contributed by atoms with Gasteiger partial charge in [-0.05, 0) is 37.1 Å². The summed E-state index contributed by atoms with van der Waals surface area (Å²) in [7, 11) is 0. The summed E-state index contributed by atoms with van der Waals surface area (Å²) in [5.41, 5.74) is 0.380. The fourth-order valence-corrected chi connectivity index (χ4v) is 2.60. The molecule has 2 heterocycles. The van der Waals surface area contributed by atoms with Gasteiger partial charge in [0.15, 0.2) is 0 Å². The highest BCUT2D eigenvalue weighted by Gasteiger charge is 2.23. The number of anilines is 1. The SMILES string of the molecule is O=C(Nc1ccc(-c2cccnc2)oc1=O)C1CCCC1. The topological polar surface area (TPSA) is 72.2 Å². The van der Waals surface area contributed by atoms with Crippen LogP contribution in [0.3, 0.4) is 0 Å². The van der Waals surface area contributed by atoms with E-state index >= 15 is 0 Å². The molecule has 2 aromatic rings. The Morgan fingerprint density at radius 2 is 2.05 bits per heavy atom. The lowest BCUT2D eigenvalue weighted by Gasteiger charge is -2.09. The predicted molar refractivity (Wildman–Crippen MR) is 78.8 cm³/mol. The van der Waals surface area contributed by atoms with Crippen molar-refractivity contribution in [1.82, 2.24) is 4.98 Å². The second-order valence-electron chi connectivity index (χ2n) is 5.21. The minimum Gasteiger partial charge on any atom is -0.421 e. The number of pyridine rings is 1. The lowest BCUT2D eigenvalue weighted by molar-refractivity contribution is -0.119. The van der Waals surface area contributed by atoms with Crippen molar-refractivity contribution in [2.24, 2.45) is 5.92 Å². The van der Waals surface area contributed by atoms with E-state index in [1.54, 1.807) is 30.6 Å². The second-order valence-corrected chi connectivity index (χ2v) is 5.21. The lowest BCUT2D eigenvalue weighted by atomic mass is 10.1. The van der Waals surface area contributed by atoms with Crippen LogP contribution in [0.1, 0.15) is 25.7 Å². The summed E-state index contributed by atoms with van der Waals surface area (Å²) in [6, 6.07) is 6.83. The van der Waals surface area contributed by atoms with Crippen LogP contribution in [0, 0.1) is 5.92 Å². The van der Waals surface area contributed by atoms with Gasteiger partial charge in [-0.25, -0.2) is 4.79 Å². The minimum absolute atomic E-state index is 0.0161. The molecular formula is C16H16N2O3. The summed E-state index contributed by atoms with van der Waals surface area (Å²) < 4.78 is 5.25. The third-order valence-corrected chi connectivity index (χ3v) is 3.75. The van der Waals surface area contributed by atoms with Crippen molar-refractivity contribution in [3.63, 3.8) is 0 Å². The summed E-state index contributed by atoms with van der Waals surface area (Å²) in [5.74, 6) is 0.364. The highest BCUT2D eigenvalue weighted by atomic mass is 16.4. The third kappa shape index (κ3) is 3.02. The van der Waals surface area contributed by atoms with Gasteiger partial charge in [0.25, 0.3) is 0 Å². The predicted octanol–water partition coefficient (Wildman–Crippen LogP) is 2.83. The molecule has 1 aliphatic carbocycles. The van der Waals surface area contributed by atoms with Gasteiger partial charge in [0.05, 0.1) is 0 Å². The van der Waals surface area contributed by atoms with Crippen LogP contribution < -0.4 is 10.9 Å². The first-order valence-electron chi connectivity index (χ1n) is 7.09. The van der Waals surface area contributed by atoms with Crippen molar-refractivity contribution in [1.29, 1.82) is 0 Å². The molecular weight excluding hydrogens is 268 g/mol. The number of amides is 1. The maximum Gasteiger partial charge on any atom is 0.360 e. The molecule has 0 bridgehead atoms. The van der Waals surface area contributed by atoms with Gasteiger partial charge >= 0.3 is 5.63 Å². The maximum absolute atomic E-state index is 12.0. The largest absolute Gasteiger partial charge is 0.421 e. The molecule has 1 saturated carbocycles. The molecule has 5 heteroatoms. The first kappa shape index (κ1) is 13.5. The van der Waals surface area contributed by atoms with Gasteiger partial charge in [0.1, 0.15) is 11.4 Å². The molecule has 21 heavy (non-hydrogen) atoms. The monoisotopic (exact) mass is 284 g/mol. The van der Waals surface area contributed by atoms with Crippen molar-refractivity contribution in [3.05, 3.63) is 47.1 Å². The van der Waals surface area contributed by atoms with Crippen molar-refractivity contribution in [2.75, 3.05) is 5.32 Å². The number of rotatable bonds is 3. The van der Waals surface area contributed by atoms with Crippen LogP contribution in [0.2, 0.25) is 0 Å². The molecule has 108 valence electrons. The molecule has 0 unspecified atom stereocenters. The summed E-state index contributed by atoms with van der Waals surface area (Å²) in [4.78, 5) is 28.0. The van der Waals surface area contributed by atoms with E-state index < -0.39 is 5.63 Å². The van der Waals surface area contributed by atoms with Crippen molar-refractivity contribution in [2.45, 2.75) is 25.7 Å². The van der Waals surface area contributed by atoms with Gasteiger partial charge in [0.2, 0.25) is 5.91 Å². The van der Waals surface area contributed by atoms with Crippen LogP contribution in [0.15, 0.2) is 45.9 Å². The van der Waals surface area contributed by atoms with Crippen molar-refractivity contribution < 1.29 is 9.21 Å². The van der Waals surface area contributed by atoms with Crippen LogP contribution in [-0.2, 0) is 4.79 Å². The van der Waals surface area contributed by atoms with E-state index in [9.17, 15) is 9.59 Å². The molecule has 0 saturated heterocycles. The van der Waals surface area contributed by atoms with E-state index in [1.807, 2.05) is 6.07 Å². The fraction of sp³-hybridized carbons (Fsp3) is 0.312.